The van der Waals surface area contributed by atoms with Gasteiger partial charge in [-0.25, -0.2) is 4.98 Å². The predicted molar refractivity (Wildman–Crippen MR) is 109 cm³/mol. The van der Waals surface area contributed by atoms with Crippen LogP contribution in [-0.2, 0) is 6.42 Å². The first-order chi connectivity index (χ1) is 13.6. The van der Waals surface area contributed by atoms with E-state index >= 15 is 0 Å². The average molecular weight is 378 g/mol. The lowest BCUT2D eigenvalue weighted by Crippen LogP contribution is -2.28. The Morgan fingerprint density at radius 3 is 2.43 bits per heavy atom. The minimum atomic E-state index is -0.293. The number of nitrogens with one attached hydrogen (secondary N) is 2. The van der Waals surface area contributed by atoms with Crippen LogP contribution in [0.2, 0.25) is 0 Å². The van der Waals surface area contributed by atoms with Crippen molar-refractivity contribution < 1.29 is 9.59 Å². The van der Waals surface area contributed by atoms with E-state index in [4.69, 9.17) is 0 Å². The monoisotopic (exact) mass is 378 g/mol. The molecular weight excluding hydrogens is 352 g/mol. The highest BCUT2D eigenvalue weighted by atomic mass is 16.2. The molecule has 0 aliphatic carbocycles. The first-order valence-corrected chi connectivity index (χ1v) is 9.63. The van der Waals surface area contributed by atoms with Gasteiger partial charge in [-0.1, -0.05) is 50.2 Å². The van der Waals surface area contributed by atoms with Crippen LogP contribution in [0.1, 0.15) is 46.9 Å². The number of imidazole rings is 1. The highest BCUT2D eigenvalue weighted by Gasteiger charge is 2.21. The van der Waals surface area contributed by atoms with E-state index in [0.717, 1.165) is 18.4 Å². The fourth-order valence-corrected chi connectivity index (χ4v) is 2.97. The van der Waals surface area contributed by atoms with Crippen LogP contribution in [0.3, 0.4) is 0 Å². The molecule has 0 spiro atoms. The van der Waals surface area contributed by atoms with E-state index < -0.39 is 0 Å². The molecule has 146 valence electrons. The van der Waals surface area contributed by atoms with Crippen LogP contribution >= 0.6 is 0 Å². The molecule has 0 saturated carbocycles. The Morgan fingerprint density at radius 1 is 0.964 bits per heavy atom. The SMILES string of the molecule is CC(C)CCNC(=O)c1nc(C(=O)NCCc2ccccc2)n2ccccc12. The third-order valence-electron chi connectivity index (χ3n) is 4.52. The number of aromatic nitrogens is 2. The van der Waals surface area contributed by atoms with Crippen molar-refractivity contribution in [1.29, 1.82) is 0 Å². The molecule has 0 atom stereocenters. The predicted octanol–water partition coefficient (Wildman–Crippen LogP) is 3.08. The Kier molecular flexibility index (Phi) is 6.42. The van der Waals surface area contributed by atoms with E-state index in [2.05, 4.69) is 29.5 Å². The summed E-state index contributed by atoms with van der Waals surface area (Å²) >= 11 is 0. The molecule has 2 heterocycles. The van der Waals surface area contributed by atoms with E-state index in [0.29, 0.717) is 24.5 Å². The maximum Gasteiger partial charge on any atom is 0.287 e. The second-order valence-electron chi connectivity index (χ2n) is 7.17. The molecule has 0 saturated heterocycles. The Bertz CT molecular complexity index is 948. The van der Waals surface area contributed by atoms with Crippen LogP contribution < -0.4 is 10.6 Å². The number of pyridine rings is 1. The van der Waals surface area contributed by atoms with Gasteiger partial charge in [0.1, 0.15) is 0 Å². The fraction of sp³-hybridized carbons (Fsp3) is 0.318. The molecule has 2 N–H and O–H groups in total. The molecule has 2 amide bonds. The van der Waals surface area contributed by atoms with Gasteiger partial charge in [-0.2, -0.15) is 0 Å². The molecule has 6 heteroatoms. The summed E-state index contributed by atoms with van der Waals surface area (Å²) in [4.78, 5) is 29.6. The van der Waals surface area contributed by atoms with E-state index in [1.54, 1.807) is 16.7 Å². The van der Waals surface area contributed by atoms with Gasteiger partial charge in [-0.3, -0.25) is 14.0 Å². The molecule has 1 aromatic carbocycles. The van der Waals surface area contributed by atoms with E-state index in [-0.39, 0.29) is 23.3 Å². The van der Waals surface area contributed by atoms with Crippen molar-refractivity contribution in [2.45, 2.75) is 26.7 Å². The number of nitrogens with zero attached hydrogens (tertiary/aromatic N) is 2. The third kappa shape index (κ3) is 4.76. The first kappa shape index (κ1) is 19.6. The zero-order valence-corrected chi connectivity index (χ0v) is 16.3. The number of rotatable bonds is 8. The number of fused-ring (bicyclic) bond motifs is 1. The van der Waals surface area contributed by atoms with Crippen LogP contribution in [0.5, 0.6) is 0 Å². The maximum absolute atomic E-state index is 12.7. The average Bonchev–Trinajstić information content (AvgIpc) is 3.08. The smallest absolute Gasteiger partial charge is 0.287 e. The van der Waals surface area contributed by atoms with Crippen molar-refractivity contribution in [3.63, 3.8) is 0 Å². The van der Waals surface area contributed by atoms with Gasteiger partial charge in [-0.05, 0) is 36.5 Å². The van der Waals surface area contributed by atoms with Crippen molar-refractivity contribution >= 4 is 17.3 Å². The number of carbonyl (C=O) groups excluding carboxylic acids is 2. The third-order valence-corrected chi connectivity index (χ3v) is 4.52. The lowest BCUT2D eigenvalue weighted by Gasteiger charge is -2.05. The summed E-state index contributed by atoms with van der Waals surface area (Å²) in [5, 5.41) is 5.79. The molecule has 0 unspecified atom stereocenters. The number of benzene rings is 1. The Hall–Kier alpha value is -3.15. The zero-order valence-electron chi connectivity index (χ0n) is 16.3. The van der Waals surface area contributed by atoms with Crippen molar-refractivity contribution in [2.24, 2.45) is 5.92 Å². The molecule has 28 heavy (non-hydrogen) atoms. The maximum atomic E-state index is 12.7. The first-order valence-electron chi connectivity index (χ1n) is 9.63. The highest BCUT2D eigenvalue weighted by Crippen LogP contribution is 2.13. The van der Waals surface area contributed by atoms with Gasteiger partial charge in [-0.15, -0.1) is 0 Å². The summed E-state index contributed by atoms with van der Waals surface area (Å²) in [6.45, 7) is 5.30. The van der Waals surface area contributed by atoms with Gasteiger partial charge in [0.05, 0.1) is 5.52 Å². The second kappa shape index (κ2) is 9.17. The van der Waals surface area contributed by atoms with Gasteiger partial charge in [0.2, 0.25) is 5.82 Å². The summed E-state index contributed by atoms with van der Waals surface area (Å²) in [5.74, 6) is 0.175. The van der Waals surface area contributed by atoms with Gasteiger partial charge in [0.25, 0.3) is 11.8 Å². The van der Waals surface area contributed by atoms with Gasteiger partial charge >= 0.3 is 0 Å². The summed E-state index contributed by atoms with van der Waals surface area (Å²) < 4.78 is 1.66. The van der Waals surface area contributed by atoms with Crippen molar-refractivity contribution in [3.8, 4) is 0 Å². The summed E-state index contributed by atoms with van der Waals surface area (Å²) in [7, 11) is 0. The second-order valence-corrected chi connectivity index (χ2v) is 7.17. The Labute approximate surface area is 165 Å². The molecule has 2 aromatic heterocycles. The van der Waals surface area contributed by atoms with Gasteiger partial charge < -0.3 is 10.6 Å². The standard InChI is InChI=1S/C22H26N4O2/c1-16(2)11-13-23-21(27)19-18-10-6-7-15-26(18)20(25-19)22(28)24-14-12-17-8-4-3-5-9-17/h3-10,15-16H,11-14H2,1-2H3,(H,23,27)(H,24,28). The number of hydrogen-bond acceptors (Lipinski definition) is 3. The minimum absolute atomic E-state index is 0.220. The fourth-order valence-electron chi connectivity index (χ4n) is 2.97. The zero-order chi connectivity index (χ0) is 19.9. The quantitative estimate of drug-likeness (QED) is 0.632. The minimum Gasteiger partial charge on any atom is -0.351 e. The lowest BCUT2D eigenvalue weighted by atomic mass is 10.1. The van der Waals surface area contributed by atoms with Crippen LogP contribution in [-0.4, -0.2) is 34.3 Å². The van der Waals surface area contributed by atoms with Crippen molar-refractivity contribution in [2.75, 3.05) is 13.1 Å². The molecule has 3 rings (SSSR count). The highest BCUT2D eigenvalue weighted by molar-refractivity contribution is 6.02. The Morgan fingerprint density at radius 2 is 1.68 bits per heavy atom. The molecule has 0 aliphatic rings. The number of hydrogen-bond donors (Lipinski definition) is 2. The van der Waals surface area contributed by atoms with Crippen LogP contribution in [0, 0.1) is 5.92 Å². The molecule has 0 fully saturated rings. The number of amides is 2. The van der Waals surface area contributed by atoms with E-state index in [9.17, 15) is 9.59 Å². The largest absolute Gasteiger partial charge is 0.351 e. The van der Waals surface area contributed by atoms with E-state index in [1.807, 2.05) is 42.5 Å². The van der Waals surface area contributed by atoms with Gasteiger partial charge in [0.15, 0.2) is 5.69 Å². The van der Waals surface area contributed by atoms with E-state index in [1.165, 1.54) is 0 Å². The summed E-state index contributed by atoms with van der Waals surface area (Å²) in [5.41, 5.74) is 2.05. The van der Waals surface area contributed by atoms with Crippen LogP contribution in [0.25, 0.3) is 5.52 Å². The molecule has 0 bridgehead atoms. The van der Waals surface area contributed by atoms with Crippen LogP contribution in [0.4, 0.5) is 0 Å². The van der Waals surface area contributed by atoms with Crippen molar-refractivity contribution in [3.05, 3.63) is 71.8 Å². The van der Waals surface area contributed by atoms with Gasteiger partial charge in [0, 0.05) is 19.3 Å². The molecule has 6 nitrogen and oxygen atoms in total. The molecule has 0 aliphatic heterocycles. The topological polar surface area (TPSA) is 75.5 Å². The van der Waals surface area contributed by atoms with Crippen LogP contribution in [0.15, 0.2) is 54.7 Å². The lowest BCUT2D eigenvalue weighted by molar-refractivity contribution is 0.0943. The number of carbonyl (C=O) groups is 2. The normalized spacial score (nSPS) is 11.0. The molecule has 0 radical (unpaired) electrons. The Balaban J connectivity index is 1.72. The molecule has 3 aromatic rings. The summed E-state index contributed by atoms with van der Waals surface area (Å²) in [6, 6.07) is 15.4. The summed E-state index contributed by atoms with van der Waals surface area (Å²) in [6.07, 6.45) is 3.38. The van der Waals surface area contributed by atoms with Crippen molar-refractivity contribution in [1.82, 2.24) is 20.0 Å². The molecular formula is C22H26N4O2.